The summed E-state index contributed by atoms with van der Waals surface area (Å²) in [7, 11) is 0. The summed E-state index contributed by atoms with van der Waals surface area (Å²) in [4.78, 5) is 14.3. The van der Waals surface area contributed by atoms with Gasteiger partial charge in [-0.1, -0.05) is 12.8 Å². The molecule has 0 aromatic rings. The van der Waals surface area contributed by atoms with Crippen molar-refractivity contribution in [3.05, 3.63) is 0 Å². The van der Waals surface area contributed by atoms with Gasteiger partial charge in [-0.05, 0) is 24.7 Å². The van der Waals surface area contributed by atoms with Crippen LogP contribution in [0.15, 0.2) is 0 Å². The molecule has 114 valence electrons. The molecule has 1 heterocycles. The third-order valence-electron chi connectivity index (χ3n) is 5.04. The number of carbonyl (C=O) groups excluding carboxylic acids is 1. The Labute approximate surface area is 120 Å². The van der Waals surface area contributed by atoms with E-state index in [1.54, 1.807) is 0 Å². The normalized spacial score (nSPS) is 35.1. The van der Waals surface area contributed by atoms with Crippen molar-refractivity contribution < 1.29 is 14.6 Å². The van der Waals surface area contributed by atoms with E-state index in [2.05, 4.69) is 10.2 Å². The Morgan fingerprint density at radius 2 is 1.90 bits per heavy atom. The van der Waals surface area contributed by atoms with Crippen LogP contribution in [0.25, 0.3) is 0 Å². The number of hydrogen-bond donors (Lipinski definition) is 2. The van der Waals surface area contributed by atoms with E-state index in [1.807, 2.05) is 0 Å². The summed E-state index contributed by atoms with van der Waals surface area (Å²) in [5.74, 6) is 1.69. The molecule has 5 heteroatoms. The van der Waals surface area contributed by atoms with Crippen molar-refractivity contribution in [1.29, 1.82) is 0 Å². The minimum absolute atomic E-state index is 0.169. The van der Waals surface area contributed by atoms with Crippen LogP contribution >= 0.6 is 0 Å². The average molecular weight is 282 g/mol. The number of nitrogens with one attached hydrogen (secondary N) is 1. The second kappa shape index (κ2) is 6.41. The van der Waals surface area contributed by atoms with Crippen LogP contribution in [-0.4, -0.2) is 61.4 Å². The highest BCUT2D eigenvalue weighted by Crippen LogP contribution is 2.55. The highest BCUT2D eigenvalue weighted by molar-refractivity contribution is 5.82. The molecule has 2 saturated carbocycles. The van der Waals surface area contributed by atoms with E-state index in [4.69, 9.17) is 4.74 Å². The number of aliphatic hydroxyl groups excluding tert-OH is 1. The molecule has 1 saturated heterocycles. The smallest absolute Gasteiger partial charge is 0.223 e. The molecule has 0 aromatic carbocycles. The minimum atomic E-state index is -0.474. The monoisotopic (exact) mass is 282 g/mol. The maximum Gasteiger partial charge on any atom is 0.223 e. The lowest BCUT2D eigenvalue weighted by molar-refractivity contribution is -0.123. The summed E-state index contributed by atoms with van der Waals surface area (Å²) < 4.78 is 5.28. The van der Waals surface area contributed by atoms with Gasteiger partial charge in [0.25, 0.3) is 0 Å². The van der Waals surface area contributed by atoms with Gasteiger partial charge in [-0.3, -0.25) is 9.69 Å². The van der Waals surface area contributed by atoms with Crippen molar-refractivity contribution in [3.8, 4) is 0 Å². The first kappa shape index (κ1) is 14.3. The van der Waals surface area contributed by atoms with Crippen LogP contribution in [-0.2, 0) is 9.53 Å². The van der Waals surface area contributed by atoms with E-state index in [0.29, 0.717) is 24.9 Å². The highest BCUT2D eigenvalue weighted by atomic mass is 16.5. The zero-order chi connectivity index (χ0) is 13.9. The Balaban J connectivity index is 1.35. The summed E-state index contributed by atoms with van der Waals surface area (Å²) in [6, 6.07) is 0. The third kappa shape index (κ3) is 3.32. The summed E-state index contributed by atoms with van der Waals surface area (Å²) >= 11 is 0. The number of aliphatic hydroxyl groups is 1. The van der Waals surface area contributed by atoms with Crippen LogP contribution in [0.1, 0.15) is 25.7 Å². The Morgan fingerprint density at radius 3 is 2.55 bits per heavy atom. The Morgan fingerprint density at radius 1 is 1.25 bits per heavy atom. The van der Waals surface area contributed by atoms with Gasteiger partial charge in [0.15, 0.2) is 0 Å². The molecule has 5 nitrogen and oxygen atoms in total. The number of carbonyl (C=O) groups is 1. The quantitative estimate of drug-likeness (QED) is 0.758. The number of rotatable bonds is 5. The average Bonchev–Trinajstić information content (AvgIpc) is 3.20. The zero-order valence-corrected chi connectivity index (χ0v) is 12.1. The lowest BCUT2D eigenvalue weighted by Crippen LogP contribution is -2.44. The van der Waals surface area contributed by atoms with E-state index in [9.17, 15) is 9.90 Å². The largest absolute Gasteiger partial charge is 0.390 e. The topological polar surface area (TPSA) is 61.8 Å². The van der Waals surface area contributed by atoms with Gasteiger partial charge in [-0.2, -0.15) is 0 Å². The Hall–Kier alpha value is -0.650. The van der Waals surface area contributed by atoms with Gasteiger partial charge in [-0.15, -0.1) is 0 Å². The Kier molecular flexibility index (Phi) is 4.58. The molecule has 3 atom stereocenters. The molecule has 20 heavy (non-hydrogen) atoms. The van der Waals surface area contributed by atoms with E-state index in [1.165, 1.54) is 25.7 Å². The fourth-order valence-electron chi connectivity index (χ4n) is 3.86. The number of morpholine rings is 1. The number of fused-ring (bicyclic) bond motifs is 1. The standard InChI is InChI=1S/C15H26N2O3/c18-11(10-17-5-7-20-8-6-17)9-16-15(19)14-12-3-1-2-4-13(12)14/h11-14,18H,1-10H2,(H,16,19). The fraction of sp³-hybridized carbons (Fsp3) is 0.933. The summed E-state index contributed by atoms with van der Waals surface area (Å²) in [5, 5.41) is 13.0. The van der Waals surface area contributed by atoms with Gasteiger partial charge in [-0.25, -0.2) is 0 Å². The van der Waals surface area contributed by atoms with Crippen molar-refractivity contribution in [2.75, 3.05) is 39.4 Å². The molecular weight excluding hydrogens is 256 g/mol. The highest BCUT2D eigenvalue weighted by Gasteiger charge is 2.54. The predicted molar refractivity (Wildman–Crippen MR) is 75.2 cm³/mol. The van der Waals surface area contributed by atoms with Gasteiger partial charge < -0.3 is 15.2 Å². The van der Waals surface area contributed by atoms with Crippen LogP contribution in [0.2, 0.25) is 0 Å². The number of nitrogens with zero attached hydrogens (tertiary/aromatic N) is 1. The van der Waals surface area contributed by atoms with Gasteiger partial charge in [0.1, 0.15) is 0 Å². The first-order chi connectivity index (χ1) is 9.75. The molecule has 3 aliphatic rings. The Bertz CT molecular complexity index is 332. The van der Waals surface area contributed by atoms with Crippen LogP contribution < -0.4 is 5.32 Å². The van der Waals surface area contributed by atoms with Crippen molar-refractivity contribution in [3.63, 3.8) is 0 Å². The minimum Gasteiger partial charge on any atom is -0.390 e. The molecule has 3 rings (SSSR count). The van der Waals surface area contributed by atoms with Crippen molar-refractivity contribution >= 4 is 5.91 Å². The van der Waals surface area contributed by atoms with Crippen LogP contribution in [0.3, 0.4) is 0 Å². The molecule has 1 amide bonds. The molecule has 2 aliphatic carbocycles. The molecule has 2 N–H and O–H groups in total. The predicted octanol–water partition coefficient (Wildman–Crippen LogP) is 0.232. The molecule has 0 bridgehead atoms. The number of β-amino-alcohol motifs (C(OH)–C–C–N with tert-alkyl or cyclic N) is 1. The molecule has 3 fully saturated rings. The molecule has 1 aliphatic heterocycles. The van der Waals surface area contributed by atoms with E-state index < -0.39 is 6.10 Å². The van der Waals surface area contributed by atoms with Crippen LogP contribution in [0.5, 0.6) is 0 Å². The summed E-state index contributed by atoms with van der Waals surface area (Å²) in [6.45, 7) is 4.23. The first-order valence-electron chi connectivity index (χ1n) is 8.01. The molecule has 3 unspecified atom stereocenters. The van der Waals surface area contributed by atoms with Crippen molar-refractivity contribution in [1.82, 2.24) is 10.2 Å². The van der Waals surface area contributed by atoms with Gasteiger partial charge in [0.2, 0.25) is 5.91 Å². The second-order valence-corrected chi connectivity index (χ2v) is 6.45. The zero-order valence-electron chi connectivity index (χ0n) is 12.1. The van der Waals surface area contributed by atoms with E-state index >= 15 is 0 Å². The SMILES string of the molecule is O=C(NCC(O)CN1CCOCC1)C1C2CCCCC21. The molecule has 0 radical (unpaired) electrons. The van der Waals surface area contributed by atoms with Crippen molar-refractivity contribution in [2.45, 2.75) is 31.8 Å². The summed E-state index contributed by atoms with van der Waals surface area (Å²) in [5.41, 5.74) is 0. The van der Waals surface area contributed by atoms with E-state index in [-0.39, 0.29) is 11.8 Å². The lowest BCUT2D eigenvalue weighted by Gasteiger charge is -2.28. The maximum absolute atomic E-state index is 12.1. The molecule has 0 aromatic heterocycles. The van der Waals surface area contributed by atoms with Crippen LogP contribution in [0, 0.1) is 17.8 Å². The second-order valence-electron chi connectivity index (χ2n) is 6.45. The maximum atomic E-state index is 12.1. The summed E-state index contributed by atoms with van der Waals surface area (Å²) in [6.07, 6.45) is 4.53. The number of amides is 1. The molecular formula is C15H26N2O3. The van der Waals surface area contributed by atoms with Crippen molar-refractivity contribution in [2.24, 2.45) is 17.8 Å². The third-order valence-corrected chi connectivity index (χ3v) is 5.04. The number of hydrogen-bond acceptors (Lipinski definition) is 4. The number of ether oxygens (including phenoxy) is 1. The lowest BCUT2D eigenvalue weighted by atomic mass is 10.0. The van der Waals surface area contributed by atoms with Gasteiger partial charge in [0.05, 0.1) is 19.3 Å². The van der Waals surface area contributed by atoms with Gasteiger partial charge in [0, 0.05) is 32.1 Å². The fourth-order valence-corrected chi connectivity index (χ4v) is 3.86. The first-order valence-corrected chi connectivity index (χ1v) is 8.01. The van der Waals surface area contributed by atoms with E-state index in [0.717, 1.165) is 26.3 Å². The van der Waals surface area contributed by atoms with Crippen LogP contribution in [0.4, 0.5) is 0 Å². The molecule has 0 spiro atoms. The van der Waals surface area contributed by atoms with Gasteiger partial charge >= 0.3 is 0 Å².